The molecule has 1 saturated heterocycles. The van der Waals surface area contributed by atoms with E-state index in [4.69, 9.17) is 0 Å². The quantitative estimate of drug-likeness (QED) is 0.845. The van der Waals surface area contributed by atoms with Crippen LogP contribution in [0.2, 0.25) is 0 Å². The van der Waals surface area contributed by atoms with Crippen LogP contribution < -0.4 is 5.32 Å². The molecule has 1 aliphatic heterocycles. The number of likely N-dealkylation sites (tertiary alicyclic amines) is 1. The first-order chi connectivity index (χ1) is 8.74. The van der Waals surface area contributed by atoms with E-state index in [1.807, 2.05) is 18.3 Å². The second-order valence-corrected chi connectivity index (χ2v) is 6.08. The molecule has 0 aliphatic carbocycles. The van der Waals surface area contributed by atoms with Gasteiger partial charge in [-0.25, -0.2) is 4.98 Å². The molecule has 1 N–H and O–H groups in total. The maximum absolute atomic E-state index is 4.30. The fourth-order valence-corrected chi connectivity index (χ4v) is 2.52. The molecule has 0 atom stereocenters. The number of hydrogen-bond donors (Lipinski definition) is 1. The molecule has 0 bridgehead atoms. The molecule has 100 valence electrons. The highest BCUT2D eigenvalue weighted by molar-refractivity contribution is 9.10. The molecular formula is C14H22BrN3. The molecule has 0 unspecified atom stereocenters. The maximum Gasteiger partial charge on any atom is 0.125 e. The first-order valence-electron chi connectivity index (χ1n) is 6.82. The van der Waals surface area contributed by atoms with Crippen LogP contribution in [0.3, 0.4) is 0 Å². The Morgan fingerprint density at radius 3 is 2.83 bits per heavy atom. The molecule has 0 amide bonds. The SMILES string of the molecule is CC1CCN(CCCNc2ccc(Br)cn2)CC1. The molecule has 0 aromatic carbocycles. The second kappa shape index (κ2) is 7.10. The number of nitrogens with zero attached hydrogens (tertiary/aromatic N) is 2. The van der Waals surface area contributed by atoms with Crippen LogP contribution in [-0.2, 0) is 0 Å². The lowest BCUT2D eigenvalue weighted by atomic mass is 9.99. The number of anilines is 1. The Bertz CT molecular complexity index is 345. The van der Waals surface area contributed by atoms with Crippen molar-refractivity contribution in [2.45, 2.75) is 26.2 Å². The van der Waals surface area contributed by atoms with Crippen molar-refractivity contribution in [1.82, 2.24) is 9.88 Å². The van der Waals surface area contributed by atoms with Crippen LogP contribution in [0.25, 0.3) is 0 Å². The Hall–Kier alpha value is -0.610. The van der Waals surface area contributed by atoms with Crippen LogP contribution in [0.1, 0.15) is 26.2 Å². The minimum absolute atomic E-state index is 0.923. The largest absolute Gasteiger partial charge is 0.370 e. The van der Waals surface area contributed by atoms with E-state index >= 15 is 0 Å². The smallest absolute Gasteiger partial charge is 0.125 e. The van der Waals surface area contributed by atoms with Crippen LogP contribution in [-0.4, -0.2) is 36.1 Å². The van der Waals surface area contributed by atoms with Gasteiger partial charge in [-0.3, -0.25) is 0 Å². The molecule has 0 radical (unpaired) electrons. The third-order valence-electron chi connectivity index (χ3n) is 3.56. The predicted molar refractivity (Wildman–Crippen MR) is 79.9 cm³/mol. The number of pyridine rings is 1. The standard InChI is InChI=1S/C14H22BrN3/c1-12-5-9-18(10-6-12)8-2-7-16-14-4-3-13(15)11-17-14/h3-4,11-12H,2,5-10H2,1H3,(H,16,17). The van der Waals surface area contributed by atoms with Gasteiger partial charge in [-0.2, -0.15) is 0 Å². The first-order valence-corrected chi connectivity index (χ1v) is 7.61. The van der Waals surface area contributed by atoms with Gasteiger partial charge in [0.15, 0.2) is 0 Å². The van der Waals surface area contributed by atoms with Gasteiger partial charge in [0, 0.05) is 17.2 Å². The average Bonchev–Trinajstić information content (AvgIpc) is 2.39. The summed E-state index contributed by atoms with van der Waals surface area (Å²) in [7, 11) is 0. The fourth-order valence-electron chi connectivity index (χ4n) is 2.29. The monoisotopic (exact) mass is 311 g/mol. The van der Waals surface area contributed by atoms with Crippen molar-refractivity contribution < 1.29 is 0 Å². The van der Waals surface area contributed by atoms with E-state index in [-0.39, 0.29) is 0 Å². The Kier molecular flexibility index (Phi) is 5.45. The lowest BCUT2D eigenvalue weighted by molar-refractivity contribution is 0.192. The normalized spacial score (nSPS) is 17.9. The lowest BCUT2D eigenvalue weighted by Crippen LogP contribution is -2.34. The topological polar surface area (TPSA) is 28.2 Å². The van der Waals surface area contributed by atoms with Gasteiger partial charge in [0.05, 0.1) is 0 Å². The zero-order chi connectivity index (χ0) is 12.8. The molecule has 0 spiro atoms. The molecule has 2 heterocycles. The van der Waals surface area contributed by atoms with Gasteiger partial charge in [0.1, 0.15) is 5.82 Å². The van der Waals surface area contributed by atoms with Gasteiger partial charge in [0.2, 0.25) is 0 Å². The van der Waals surface area contributed by atoms with Crippen molar-refractivity contribution in [3.63, 3.8) is 0 Å². The molecule has 4 heteroatoms. The molecule has 1 fully saturated rings. The average molecular weight is 312 g/mol. The zero-order valence-electron chi connectivity index (χ0n) is 11.0. The third-order valence-corrected chi connectivity index (χ3v) is 4.03. The summed E-state index contributed by atoms with van der Waals surface area (Å²) in [6.45, 7) is 7.12. The van der Waals surface area contributed by atoms with Crippen LogP contribution in [0.5, 0.6) is 0 Å². The molecule has 3 nitrogen and oxygen atoms in total. The summed E-state index contributed by atoms with van der Waals surface area (Å²) in [5.41, 5.74) is 0. The van der Waals surface area contributed by atoms with E-state index in [0.717, 1.165) is 22.8 Å². The second-order valence-electron chi connectivity index (χ2n) is 5.17. The van der Waals surface area contributed by atoms with Gasteiger partial charge in [-0.15, -0.1) is 0 Å². The van der Waals surface area contributed by atoms with Crippen LogP contribution in [0.15, 0.2) is 22.8 Å². The van der Waals surface area contributed by atoms with Crippen molar-refractivity contribution in [1.29, 1.82) is 0 Å². The van der Waals surface area contributed by atoms with Gasteiger partial charge in [-0.1, -0.05) is 6.92 Å². The molecule has 2 rings (SSSR count). The highest BCUT2D eigenvalue weighted by Crippen LogP contribution is 2.16. The number of rotatable bonds is 5. The summed E-state index contributed by atoms with van der Waals surface area (Å²) >= 11 is 3.39. The molecule has 1 aliphatic rings. The number of piperidine rings is 1. The minimum Gasteiger partial charge on any atom is -0.370 e. The lowest BCUT2D eigenvalue weighted by Gasteiger charge is -2.30. The summed E-state index contributed by atoms with van der Waals surface area (Å²) < 4.78 is 1.02. The highest BCUT2D eigenvalue weighted by atomic mass is 79.9. The molecule has 0 saturated carbocycles. The van der Waals surface area contributed by atoms with Crippen LogP contribution in [0.4, 0.5) is 5.82 Å². The third kappa shape index (κ3) is 4.58. The highest BCUT2D eigenvalue weighted by Gasteiger charge is 2.14. The zero-order valence-corrected chi connectivity index (χ0v) is 12.6. The Balaban J connectivity index is 1.60. The minimum atomic E-state index is 0.923. The van der Waals surface area contributed by atoms with E-state index in [1.54, 1.807) is 0 Å². The Morgan fingerprint density at radius 1 is 1.39 bits per heavy atom. The van der Waals surface area contributed by atoms with Gasteiger partial charge < -0.3 is 10.2 Å². The molecule has 18 heavy (non-hydrogen) atoms. The predicted octanol–water partition coefficient (Wildman–Crippen LogP) is 3.38. The number of nitrogens with one attached hydrogen (secondary N) is 1. The van der Waals surface area contributed by atoms with Crippen LogP contribution >= 0.6 is 15.9 Å². The fraction of sp³-hybridized carbons (Fsp3) is 0.643. The van der Waals surface area contributed by atoms with Crippen molar-refractivity contribution in [2.24, 2.45) is 5.92 Å². The molecular weight excluding hydrogens is 290 g/mol. The van der Waals surface area contributed by atoms with Gasteiger partial charge in [0.25, 0.3) is 0 Å². The first kappa shape index (κ1) is 13.8. The van der Waals surface area contributed by atoms with Crippen molar-refractivity contribution in [3.8, 4) is 0 Å². The Labute approximate surface area is 118 Å². The van der Waals surface area contributed by atoms with Crippen LogP contribution in [0, 0.1) is 5.92 Å². The summed E-state index contributed by atoms with van der Waals surface area (Å²) in [5, 5.41) is 3.36. The van der Waals surface area contributed by atoms with E-state index in [0.29, 0.717) is 0 Å². The van der Waals surface area contributed by atoms with E-state index in [2.05, 4.69) is 38.1 Å². The maximum atomic E-state index is 4.30. The summed E-state index contributed by atoms with van der Waals surface area (Å²) in [5.74, 6) is 1.89. The summed E-state index contributed by atoms with van der Waals surface area (Å²) in [4.78, 5) is 6.88. The number of aromatic nitrogens is 1. The molecule has 1 aromatic heterocycles. The van der Waals surface area contributed by atoms with Gasteiger partial charge in [-0.05, 0) is 72.9 Å². The Morgan fingerprint density at radius 2 is 2.17 bits per heavy atom. The summed E-state index contributed by atoms with van der Waals surface area (Å²) in [6, 6.07) is 4.02. The number of hydrogen-bond acceptors (Lipinski definition) is 3. The van der Waals surface area contributed by atoms with E-state index in [1.165, 1.54) is 38.9 Å². The van der Waals surface area contributed by atoms with E-state index < -0.39 is 0 Å². The van der Waals surface area contributed by atoms with Gasteiger partial charge >= 0.3 is 0 Å². The van der Waals surface area contributed by atoms with E-state index in [9.17, 15) is 0 Å². The van der Waals surface area contributed by atoms with Crippen molar-refractivity contribution in [2.75, 3.05) is 31.5 Å². The summed E-state index contributed by atoms with van der Waals surface area (Å²) in [6.07, 6.45) is 5.74. The molecule has 1 aromatic rings. The van der Waals surface area contributed by atoms with Crippen molar-refractivity contribution >= 4 is 21.7 Å². The number of halogens is 1. The van der Waals surface area contributed by atoms with Crippen molar-refractivity contribution in [3.05, 3.63) is 22.8 Å².